The van der Waals surface area contributed by atoms with Gasteiger partial charge in [0.2, 0.25) is 5.88 Å². The Balaban J connectivity index is 2.83. The lowest BCUT2D eigenvalue weighted by molar-refractivity contribution is 0.398. The van der Waals surface area contributed by atoms with Gasteiger partial charge in [-0.25, -0.2) is 14.4 Å². The summed E-state index contributed by atoms with van der Waals surface area (Å²) >= 11 is 10.3. The van der Waals surface area contributed by atoms with Crippen LogP contribution in [0.5, 0.6) is 5.88 Å². The second-order valence-electron chi connectivity index (χ2n) is 3.18. The largest absolute Gasteiger partial charge is 0.480 e. The van der Waals surface area contributed by atoms with E-state index < -0.39 is 5.82 Å². The highest BCUT2D eigenvalue weighted by atomic mass is 79.9. The van der Waals surface area contributed by atoms with Crippen LogP contribution >= 0.6 is 39.3 Å². The summed E-state index contributed by atoms with van der Waals surface area (Å²) in [7, 11) is 1.46. The van der Waals surface area contributed by atoms with E-state index in [0.29, 0.717) is 15.1 Å². The molecule has 0 unspecified atom stereocenters. The number of methoxy groups -OCH3 is 1. The van der Waals surface area contributed by atoms with Crippen molar-refractivity contribution in [2.45, 2.75) is 12.1 Å². The minimum Gasteiger partial charge on any atom is -0.480 e. The second-order valence-corrected chi connectivity index (χ2v) is 5.52. The van der Waals surface area contributed by atoms with Crippen LogP contribution < -0.4 is 4.74 Å². The summed E-state index contributed by atoms with van der Waals surface area (Å²) in [6.45, 7) is 1.95. The number of ether oxygens (including phenoxy) is 1. The molecule has 0 fully saturated rings. The Morgan fingerprint density at radius 2 is 2.11 bits per heavy atom. The maximum Gasteiger partial charge on any atom is 0.228 e. The second kappa shape index (κ2) is 5.54. The van der Waals surface area contributed by atoms with Crippen molar-refractivity contribution in [3.8, 4) is 5.88 Å². The molecular weight excluding hydrogens is 345 g/mol. The van der Waals surface area contributed by atoms with E-state index in [0.717, 1.165) is 5.75 Å². The van der Waals surface area contributed by atoms with Crippen LogP contribution in [-0.2, 0) is 0 Å². The van der Waals surface area contributed by atoms with Gasteiger partial charge in [0.05, 0.1) is 12.5 Å². The highest BCUT2D eigenvalue weighted by molar-refractivity contribution is 9.10. The minimum absolute atomic E-state index is 0.102. The van der Waals surface area contributed by atoms with Gasteiger partial charge in [-0.05, 0) is 21.7 Å². The van der Waals surface area contributed by atoms with Gasteiger partial charge in [-0.15, -0.1) is 0 Å². The lowest BCUT2D eigenvalue weighted by Crippen LogP contribution is -1.99. The van der Waals surface area contributed by atoms with Crippen LogP contribution in [0.1, 0.15) is 6.92 Å². The first-order chi connectivity index (χ1) is 8.58. The zero-order valence-electron chi connectivity index (χ0n) is 9.50. The van der Waals surface area contributed by atoms with Crippen LogP contribution in [0.3, 0.4) is 0 Å². The molecule has 0 amide bonds. The van der Waals surface area contributed by atoms with Gasteiger partial charge < -0.3 is 4.74 Å². The van der Waals surface area contributed by atoms with Gasteiger partial charge in [-0.3, -0.25) is 0 Å². The van der Waals surface area contributed by atoms with Crippen molar-refractivity contribution in [2.24, 2.45) is 0 Å². The normalized spacial score (nSPS) is 10.9. The molecule has 0 aromatic carbocycles. The molecule has 2 heterocycles. The standard InChI is InChI=1S/C10H8BrClFN3OS/c1-3-18-10-14-6-4(9(16-10)17-2)7(11)15-8(12)5(6)13/h3H2,1-2H3. The van der Waals surface area contributed by atoms with Crippen LogP contribution in [0.15, 0.2) is 9.76 Å². The Morgan fingerprint density at radius 3 is 2.72 bits per heavy atom. The maximum absolute atomic E-state index is 13.9. The van der Waals surface area contributed by atoms with E-state index in [-0.39, 0.29) is 16.5 Å². The van der Waals surface area contributed by atoms with Gasteiger partial charge in [-0.2, -0.15) is 4.98 Å². The molecule has 0 spiro atoms. The fourth-order valence-electron chi connectivity index (χ4n) is 1.40. The van der Waals surface area contributed by atoms with Gasteiger partial charge >= 0.3 is 0 Å². The van der Waals surface area contributed by atoms with Crippen molar-refractivity contribution < 1.29 is 9.13 Å². The Morgan fingerprint density at radius 1 is 1.39 bits per heavy atom. The van der Waals surface area contributed by atoms with Crippen molar-refractivity contribution >= 4 is 50.2 Å². The Bertz CT molecular complexity index is 613. The van der Waals surface area contributed by atoms with E-state index >= 15 is 0 Å². The summed E-state index contributed by atoms with van der Waals surface area (Å²) in [5.74, 6) is 0.371. The zero-order valence-corrected chi connectivity index (χ0v) is 12.7. The lowest BCUT2D eigenvalue weighted by Gasteiger charge is -2.09. The molecule has 0 bridgehead atoms. The molecular formula is C10H8BrClFN3OS. The summed E-state index contributed by atoms with van der Waals surface area (Å²) in [5, 5.41) is 0.581. The molecule has 2 aromatic heterocycles. The molecule has 0 radical (unpaired) electrons. The molecule has 2 aromatic rings. The highest BCUT2D eigenvalue weighted by Gasteiger charge is 2.19. The van der Waals surface area contributed by atoms with Crippen LogP contribution in [0.25, 0.3) is 10.9 Å². The van der Waals surface area contributed by atoms with E-state index in [1.54, 1.807) is 0 Å². The third-order valence-corrected chi connectivity index (χ3v) is 3.67. The predicted octanol–water partition coefficient (Wildman–Crippen LogP) is 3.70. The third-order valence-electron chi connectivity index (χ3n) is 2.11. The van der Waals surface area contributed by atoms with Crippen LogP contribution in [0.2, 0.25) is 5.15 Å². The first kappa shape index (κ1) is 13.8. The number of rotatable bonds is 3. The fourth-order valence-corrected chi connectivity index (χ4v) is 2.77. The van der Waals surface area contributed by atoms with Crippen molar-refractivity contribution in [3.05, 3.63) is 15.6 Å². The molecule has 2 rings (SSSR count). The van der Waals surface area contributed by atoms with Gasteiger partial charge in [-0.1, -0.05) is 30.3 Å². The summed E-state index contributed by atoms with van der Waals surface area (Å²) in [6, 6.07) is 0. The number of halogens is 3. The number of fused-ring (bicyclic) bond motifs is 1. The lowest BCUT2D eigenvalue weighted by atomic mass is 10.3. The number of pyridine rings is 1. The molecule has 4 nitrogen and oxygen atoms in total. The first-order valence-corrected chi connectivity index (χ1v) is 7.13. The molecule has 0 aliphatic heterocycles. The smallest absolute Gasteiger partial charge is 0.228 e. The van der Waals surface area contributed by atoms with Gasteiger partial charge in [0.1, 0.15) is 10.1 Å². The van der Waals surface area contributed by atoms with E-state index in [1.807, 2.05) is 6.92 Å². The molecule has 0 saturated heterocycles. The van der Waals surface area contributed by atoms with Crippen molar-refractivity contribution in [2.75, 3.05) is 12.9 Å². The number of hydrogen-bond acceptors (Lipinski definition) is 5. The van der Waals surface area contributed by atoms with E-state index in [2.05, 4.69) is 30.9 Å². The molecule has 0 saturated carbocycles. The number of thioether (sulfide) groups is 1. The topological polar surface area (TPSA) is 47.9 Å². The molecule has 0 N–H and O–H groups in total. The van der Waals surface area contributed by atoms with Crippen LogP contribution in [0, 0.1) is 5.82 Å². The van der Waals surface area contributed by atoms with Crippen molar-refractivity contribution in [3.63, 3.8) is 0 Å². The van der Waals surface area contributed by atoms with Crippen molar-refractivity contribution in [1.82, 2.24) is 15.0 Å². The van der Waals surface area contributed by atoms with Crippen LogP contribution in [-0.4, -0.2) is 27.8 Å². The highest BCUT2D eigenvalue weighted by Crippen LogP contribution is 2.34. The van der Waals surface area contributed by atoms with E-state index in [4.69, 9.17) is 16.3 Å². The first-order valence-electron chi connectivity index (χ1n) is 4.97. The average Bonchev–Trinajstić information content (AvgIpc) is 2.35. The Hall–Kier alpha value is -0.660. The minimum atomic E-state index is -0.673. The number of aromatic nitrogens is 3. The Labute approximate surface area is 120 Å². The van der Waals surface area contributed by atoms with Crippen LogP contribution in [0.4, 0.5) is 4.39 Å². The molecule has 0 atom stereocenters. The number of nitrogens with zero attached hydrogens (tertiary/aromatic N) is 3. The monoisotopic (exact) mass is 351 g/mol. The van der Waals surface area contributed by atoms with Gasteiger partial charge in [0.15, 0.2) is 16.1 Å². The van der Waals surface area contributed by atoms with Gasteiger partial charge in [0.25, 0.3) is 0 Å². The number of hydrogen-bond donors (Lipinski definition) is 0. The van der Waals surface area contributed by atoms with Crippen molar-refractivity contribution in [1.29, 1.82) is 0 Å². The quantitative estimate of drug-likeness (QED) is 0.479. The van der Waals surface area contributed by atoms with Gasteiger partial charge in [0, 0.05) is 0 Å². The average molecular weight is 353 g/mol. The third kappa shape index (κ3) is 2.39. The molecule has 0 aliphatic carbocycles. The summed E-state index contributed by atoms with van der Waals surface area (Å²) in [5.41, 5.74) is 0.102. The molecule has 8 heteroatoms. The molecule has 0 aliphatic rings. The Kier molecular flexibility index (Phi) is 4.24. The SMILES string of the molecule is CCSc1nc(OC)c2c(Br)nc(Cl)c(F)c2n1. The summed E-state index contributed by atoms with van der Waals surface area (Å²) < 4.78 is 19.4. The predicted molar refractivity (Wildman–Crippen MR) is 73.0 cm³/mol. The summed E-state index contributed by atoms with van der Waals surface area (Å²) in [6.07, 6.45) is 0. The molecule has 96 valence electrons. The molecule has 18 heavy (non-hydrogen) atoms. The fraction of sp³-hybridized carbons (Fsp3) is 0.300. The van der Waals surface area contributed by atoms with E-state index in [9.17, 15) is 4.39 Å². The van der Waals surface area contributed by atoms with E-state index in [1.165, 1.54) is 18.9 Å². The summed E-state index contributed by atoms with van der Waals surface area (Å²) in [4.78, 5) is 12.2. The zero-order chi connectivity index (χ0) is 13.3. The maximum atomic E-state index is 13.9.